The highest BCUT2D eigenvalue weighted by Crippen LogP contribution is 2.27. The van der Waals surface area contributed by atoms with Crippen molar-refractivity contribution in [3.63, 3.8) is 0 Å². The van der Waals surface area contributed by atoms with Crippen molar-refractivity contribution in [3.05, 3.63) is 23.8 Å². The fourth-order valence-corrected chi connectivity index (χ4v) is 1.58. The minimum absolute atomic E-state index is 0.0255. The summed E-state index contributed by atoms with van der Waals surface area (Å²) in [5.41, 5.74) is 6.38. The van der Waals surface area contributed by atoms with Crippen molar-refractivity contribution in [1.29, 1.82) is 0 Å². The number of aromatic hydroxyl groups is 1. The number of nitrogens with one attached hydrogen (secondary N) is 2. The SMILES string of the molecule is CCNC(=O)Oc1cc(C[C@H](N)C(=O)NC)ccc1O. The van der Waals surface area contributed by atoms with Crippen molar-refractivity contribution in [2.24, 2.45) is 5.73 Å². The molecule has 0 saturated carbocycles. The van der Waals surface area contributed by atoms with Crippen molar-refractivity contribution in [2.45, 2.75) is 19.4 Å². The zero-order chi connectivity index (χ0) is 15.1. The summed E-state index contributed by atoms with van der Waals surface area (Å²) in [4.78, 5) is 22.7. The Morgan fingerprint density at radius 2 is 2.15 bits per heavy atom. The number of rotatable bonds is 5. The van der Waals surface area contributed by atoms with Gasteiger partial charge in [-0.15, -0.1) is 0 Å². The third-order valence-electron chi connectivity index (χ3n) is 2.59. The van der Waals surface area contributed by atoms with E-state index < -0.39 is 12.1 Å². The van der Waals surface area contributed by atoms with Crippen LogP contribution in [0.2, 0.25) is 0 Å². The smallest absolute Gasteiger partial charge is 0.412 e. The number of phenols is 1. The molecule has 0 aromatic heterocycles. The number of benzene rings is 1. The van der Waals surface area contributed by atoms with Crippen LogP contribution in [0.5, 0.6) is 11.5 Å². The fourth-order valence-electron chi connectivity index (χ4n) is 1.58. The molecule has 1 aromatic carbocycles. The van der Waals surface area contributed by atoms with Crippen molar-refractivity contribution < 1.29 is 19.4 Å². The Kier molecular flexibility index (Phi) is 5.79. The molecule has 110 valence electrons. The van der Waals surface area contributed by atoms with E-state index in [0.29, 0.717) is 12.1 Å². The van der Waals surface area contributed by atoms with E-state index in [2.05, 4.69) is 10.6 Å². The number of carbonyl (C=O) groups excluding carboxylic acids is 2. The van der Waals surface area contributed by atoms with Crippen LogP contribution in [-0.2, 0) is 11.2 Å². The maximum Gasteiger partial charge on any atom is 0.412 e. The highest BCUT2D eigenvalue weighted by atomic mass is 16.6. The van der Waals surface area contributed by atoms with E-state index >= 15 is 0 Å². The number of ether oxygens (including phenoxy) is 1. The zero-order valence-corrected chi connectivity index (χ0v) is 11.5. The Balaban J connectivity index is 2.80. The maximum atomic E-state index is 11.4. The topological polar surface area (TPSA) is 114 Å². The molecule has 1 atom stereocenters. The second-order valence-electron chi connectivity index (χ2n) is 4.15. The van der Waals surface area contributed by atoms with Crippen molar-refractivity contribution in [3.8, 4) is 11.5 Å². The molecule has 1 aromatic rings. The van der Waals surface area contributed by atoms with Gasteiger partial charge in [0.15, 0.2) is 11.5 Å². The van der Waals surface area contributed by atoms with Gasteiger partial charge in [0.1, 0.15) is 0 Å². The molecule has 2 amide bonds. The minimum Gasteiger partial charge on any atom is -0.504 e. The molecular weight excluding hydrogens is 262 g/mol. The Bertz CT molecular complexity index is 491. The molecule has 7 nitrogen and oxygen atoms in total. The predicted octanol–water partition coefficient (Wildman–Crippen LogP) is 0.116. The predicted molar refractivity (Wildman–Crippen MR) is 73.6 cm³/mol. The molecule has 0 fully saturated rings. The lowest BCUT2D eigenvalue weighted by Gasteiger charge is -2.12. The zero-order valence-electron chi connectivity index (χ0n) is 11.5. The number of amides is 2. The molecule has 0 aliphatic carbocycles. The molecule has 0 aliphatic rings. The van der Waals surface area contributed by atoms with Gasteiger partial charge in [0, 0.05) is 13.6 Å². The third-order valence-corrected chi connectivity index (χ3v) is 2.59. The number of phenolic OH excluding ortho intramolecular Hbond substituents is 1. The standard InChI is InChI=1S/C13H19N3O4/c1-3-16-13(19)20-11-7-8(4-5-10(11)17)6-9(14)12(18)15-2/h4-5,7,9,17H,3,6,14H2,1-2H3,(H,15,18)(H,16,19)/t9-/m0/s1. The monoisotopic (exact) mass is 281 g/mol. The van der Waals surface area contributed by atoms with Gasteiger partial charge in [-0.1, -0.05) is 6.07 Å². The van der Waals surface area contributed by atoms with Gasteiger partial charge >= 0.3 is 6.09 Å². The first-order chi connectivity index (χ1) is 9.47. The maximum absolute atomic E-state index is 11.4. The Labute approximate surface area is 117 Å². The van der Waals surface area contributed by atoms with Crippen molar-refractivity contribution in [1.82, 2.24) is 10.6 Å². The molecule has 0 saturated heterocycles. The van der Waals surface area contributed by atoms with Gasteiger partial charge in [-0.2, -0.15) is 0 Å². The van der Waals surface area contributed by atoms with Crippen LogP contribution in [0, 0.1) is 0 Å². The summed E-state index contributed by atoms with van der Waals surface area (Å²) in [6.07, 6.45) is -0.387. The average molecular weight is 281 g/mol. The van der Waals surface area contributed by atoms with Gasteiger partial charge in [-0.05, 0) is 31.0 Å². The first-order valence-corrected chi connectivity index (χ1v) is 6.22. The van der Waals surface area contributed by atoms with Gasteiger partial charge in [0.25, 0.3) is 0 Å². The number of hydrogen-bond acceptors (Lipinski definition) is 5. The highest BCUT2D eigenvalue weighted by molar-refractivity contribution is 5.81. The number of hydrogen-bond donors (Lipinski definition) is 4. The first-order valence-electron chi connectivity index (χ1n) is 6.22. The normalized spacial score (nSPS) is 11.6. The molecule has 5 N–H and O–H groups in total. The Morgan fingerprint density at radius 3 is 2.75 bits per heavy atom. The fraction of sp³-hybridized carbons (Fsp3) is 0.385. The molecule has 20 heavy (non-hydrogen) atoms. The van der Waals surface area contributed by atoms with Crippen LogP contribution in [0.25, 0.3) is 0 Å². The van der Waals surface area contributed by atoms with Crippen LogP contribution in [0.3, 0.4) is 0 Å². The van der Waals surface area contributed by atoms with E-state index in [1.807, 2.05) is 0 Å². The summed E-state index contributed by atoms with van der Waals surface area (Å²) in [5, 5.41) is 14.5. The van der Waals surface area contributed by atoms with Gasteiger partial charge in [0.2, 0.25) is 5.91 Å². The summed E-state index contributed by atoms with van der Waals surface area (Å²) in [7, 11) is 1.50. The van der Waals surface area contributed by atoms with Gasteiger partial charge in [-0.3, -0.25) is 4.79 Å². The molecule has 0 radical (unpaired) electrons. The minimum atomic E-state index is -0.707. The van der Waals surface area contributed by atoms with Crippen LogP contribution in [0.4, 0.5) is 4.79 Å². The summed E-state index contributed by atoms with van der Waals surface area (Å²) in [5.74, 6) is -0.421. The molecule has 0 aliphatic heterocycles. The highest BCUT2D eigenvalue weighted by Gasteiger charge is 2.14. The van der Waals surface area contributed by atoms with E-state index in [0.717, 1.165) is 0 Å². The first kappa shape index (κ1) is 15.8. The van der Waals surface area contributed by atoms with Crippen LogP contribution >= 0.6 is 0 Å². The molecule has 1 rings (SSSR count). The van der Waals surface area contributed by atoms with E-state index in [1.165, 1.54) is 19.2 Å². The summed E-state index contributed by atoms with van der Waals surface area (Å²) < 4.78 is 4.95. The van der Waals surface area contributed by atoms with Crippen molar-refractivity contribution >= 4 is 12.0 Å². The van der Waals surface area contributed by atoms with Gasteiger partial charge < -0.3 is 26.2 Å². The second-order valence-corrected chi connectivity index (χ2v) is 4.15. The molecule has 7 heteroatoms. The molecule has 0 bridgehead atoms. The molecule has 0 unspecified atom stereocenters. The quantitative estimate of drug-likeness (QED) is 0.612. The van der Waals surface area contributed by atoms with Crippen LogP contribution in [0.15, 0.2) is 18.2 Å². The lowest BCUT2D eigenvalue weighted by Crippen LogP contribution is -2.40. The molecule has 0 heterocycles. The molecular formula is C13H19N3O4. The van der Waals surface area contributed by atoms with Crippen LogP contribution < -0.4 is 21.1 Å². The van der Waals surface area contributed by atoms with Crippen LogP contribution in [0.1, 0.15) is 12.5 Å². The van der Waals surface area contributed by atoms with E-state index in [4.69, 9.17) is 10.5 Å². The van der Waals surface area contributed by atoms with Gasteiger partial charge in [0.05, 0.1) is 6.04 Å². The largest absolute Gasteiger partial charge is 0.504 e. The summed E-state index contributed by atoms with van der Waals surface area (Å²) in [6, 6.07) is 3.78. The van der Waals surface area contributed by atoms with E-state index in [9.17, 15) is 14.7 Å². The van der Waals surface area contributed by atoms with E-state index in [-0.39, 0.29) is 23.8 Å². The number of carbonyl (C=O) groups is 2. The average Bonchev–Trinajstić information content (AvgIpc) is 2.41. The van der Waals surface area contributed by atoms with Crippen molar-refractivity contribution in [2.75, 3.05) is 13.6 Å². The summed E-state index contributed by atoms with van der Waals surface area (Å²) in [6.45, 7) is 2.17. The van der Waals surface area contributed by atoms with Crippen LogP contribution in [-0.4, -0.2) is 36.7 Å². The molecule has 0 spiro atoms. The van der Waals surface area contributed by atoms with Gasteiger partial charge in [-0.25, -0.2) is 4.79 Å². The Morgan fingerprint density at radius 1 is 1.45 bits per heavy atom. The summed E-state index contributed by atoms with van der Waals surface area (Å²) >= 11 is 0. The number of likely N-dealkylation sites (N-methyl/N-ethyl adjacent to an activating group) is 1. The Hall–Kier alpha value is -2.28. The third kappa shape index (κ3) is 4.43. The number of nitrogens with two attached hydrogens (primary N) is 1. The second kappa shape index (κ2) is 7.34. The lowest BCUT2D eigenvalue weighted by atomic mass is 10.1. The lowest BCUT2D eigenvalue weighted by molar-refractivity contribution is -0.121. The van der Waals surface area contributed by atoms with E-state index in [1.54, 1.807) is 13.0 Å².